The first-order chi connectivity index (χ1) is 10.1. The number of hydrogen-bond acceptors (Lipinski definition) is 3. The molecule has 1 saturated carbocycles. The largest absolute Gasteiger partial charge is 0.325 e. The Bertz CT molecular complexity index is 454. The van der Waals surface area contributed by atoms with Gasteiger partial charge in [-0.1, -0.05) is 33.1 Å². The highest BCUT2D eigenvalue weighted by Crippen LogP contribution is 2.34. The van der Waals surface area contributed by atoms with Crippen molar-refractivity contribution >= 4 is 23.4 Å². The van der Waals surface area contributed by atoms with Crippen LogP contribution in [0.4, 0.5) is 5.69 Å². The van der Waals surface area contributed by atoms with Crippen LogP contribution in [-0.2, 0) is 4.79 Å². The van der Waals surface area contributed by atoms with Gasteiger partial charge in [0.25, 0.3) is 0 Å². The van der Waals surface area contributed by atoms with E-state index in [9.17, 15) is 4.79 Å². The van der Waals surface area contributed by atoms with E-state index in [4.69, 9.17) is 5.73 Å². The number of carbonyl (C=O) groups excluding carboxylic acids is 1. The molecule has 1 fully saturated rings. The van der Waals surface area contributed by atoms with Crippen LogP contribution < -0.4 is 11.1 Å². The molecule has 116 valence electrons. The molecule has 1 aliphatic rings. The van der Waals surface area contributed by atoms with E-state index >= 15 is 0 Å². The third kappa shape index (κ3) is 4.75. The quantitative estimate of drug-likeness (QED) is 0.834. The van der Waals surface area contributed by atoms with Gasteiger partial charge >= 0.3 is 0 Å². The van der Waals surface area contributed by atoms with Gasteiger partial charge < -0.3 is 11.1 Å². The number of amides is 1. The molecule has 0 aliphatic heterocycles. The minimum Gasteiger partial charge on any atom is -0.325 e. The van der Waals surface area contributed by atoms with Gasteiger partial charge in [-0.25, -0.2) is 0 Å². The lowest BCUT2D eigenvalue weighted by atomic mass is 9.99. The molecule has 2 atom stereocenters. The molecule has 0 saturated heterocycles. The molecule has 0 aromatic heterocycles. The summed E-state index contributed by atoms with van der Waals surface area (Å²) in [7, 11) is 0. The zero-order valence-corrected chi connectivity index (χ0v) is 13.8. The van der Waals surface area contributed by atoms with Gasteiger partial charge in [-0.2, -0.15) is 0 Å². The number of hydrogen-bond donors (Lipinski definition) is 2. The number of benzene rings is 1. The van der Waals surface area contributed by atoms with Crippen molar-refractivity contribution < 1.29 is 4.79 Å². The summed E-state index contributed by atoms with van der Waals surface area (Å²) in [6.45, 7) is 4.05. The Labute approximate surface area is 132 Å². The molecule has 4 heteroatoms. The van der Waals surface area contributed by atoms with Crippen molar-refractivity contribution in [3.8, 4) is 0 Å². The monoisotopic (exact) mass is 306 g/mol. The molecule has 1 aliphatic carbocycles. The molecule has 1 unspecified atom stereocenters. The lowest BCUT2D eigenvalue weighted by Gasteiger charge is -2.18. The standard InChI is InChI=1S/C17H26N2OS/c1-3-12(2)16(18)17(20)19-13-8-10-15(11-9-13)21-14-6-4-5-7-14/h8-12,14,16H,3-7,18H2,1-2H3,(H,19,20)/t12?,16-/m0/s1. The number of rotatable bonds is 6. The van der Waals surface area contributed by atoms with Crippen molar-refractivity contribution in [3.63, 3.8) is 0 Å². The highest BCUT2D eigenvalue weighted by atomic mass is 32.2. The SMILES string of the molecule is CCC(C)[C@H](N)C(=O)Nc1ccc(SC2CCCC2)cc1. The van der Waals surface area contributed by atoms with Crippen LogP contribution in [0.3, 0.4) is 0 Å². The third-order valence-electron chi connectivity index (χ3n) is 4.29. The molecule has 0 heterocycles. The smallest absolute Gasteiger partial charge is 0.241 e. The zero-order valence-electron chi connectivity index (χ0n) is 13.0. The van der Waals surface area contributed by atoms with Crippen molar-refractivity contribution in [2.24, 2.45) is 11.7 Å². The molecule has 0 bridgehead atoms. The summed E-state index contributed by atoms with van der Waals surface area (Å²) < 4.78 is 0. The van der Waals surface area contributed by atoms with Gasteiger partial charge in [0.05, 0.1) is 6.04 Å². The Morgan fingerprint density at radius 1 is 1.33 bits per heavy atom. The molecule has 3 nitrogen and oxygen atoms in total. The van der Waals surface area contributed by atoms with Gasteiger partial charge in [0.2, 0.25) is 5.91 Å². The van der Waals surface area contributed by atoms with Crippen LogP contribution in [-0.4, -0.2) is 17.2 Å². The van der Waals surface area contributed by atoms with E-state index in [-0.39, 0.29) is 11.8 Å². The van der Waals surface area contributed by atoms with Crippen LogP contribution in [0, 0.1) is 5.92 Å². The summed E-state index contributed by atoms with van der Waals surface area (Å²) in [5, 5.41) is 3.67. The van der Waals surface area contributed by atoms with Crippen LogP contribution in [0.1, 0.15) is 46.0 Å². The third-order valence-corrected chi connectivity index (χ3v) is 5.64. The van der Waals surface area contributed by atoms with Crippen molar-refractivity contribution in [3.05, 3.63) is 24.3 Å². The van der Waals surface area contributed by atoms with E-state index in [0.29, 0.717) is 0 Å². The summed E-state index contributed by atoms with van der Waals surface area (Å²) in [6, 6.07) is 7.68. The topological polar surface area (TPSA) is 55.1 Å². The maximum atomic E-state index is 12.0. The summed E-state index contributed by atoms with van der Waals surface area (Å²) >= 11 is 1.96. The molecule has 21 heavy (non-hydrogen) atoms. The number of nitrogens with one attached hydrogen (secondary N) is 1. The fourth-order valence-electron chi connectivity index (χ4n) is 2.55. The van der Waals surface area contributed by atoms with Gasteiger partial charge in [-0.3, -0.25) is 4.79 Å². The number of carbonyl (C=O) groups is 1. The van der Waals surface area contributed by atoms with E-state index < -0.39 is 6.04 Å². The minimum absolute atomic E-state index is 0.0967. The van der Waals surface area contributed by atoms with Crippen molar-refractivity contribution in [2.45, 2.75) is 62.1 Å². The molecular formula is C17H26N2OS. The van der Waals surface area contributed by atoms with E-state index in [1.165, 1.54) is 30.6 Å². The fourth-order valence-corrected chi connectivity index (χ4v) is 3.80. The molecule has 0 spiro atoms. The van der Waals surface area contributed by atoms with Crippen molar-refractivity contribution in [1.82, 2.24) is 0 Å². The van der Waals surface area contributed by atoms with E-state index in [1.54, 1.807) is 0 Å². The average molecular weight is 306 g/mol. The molecule has 1 aromatic rings. The Balaban J connectivity index is 1.88. The Morgan fingerprint density at radius 2 is 1.95 bits per heavy atom. The van der Waals surface area contributed by atoms with Crippen LogP contribution in [0.2, 0.25) is 0 Å². The van der Waals surface area contributed by atoms with Gasteiger partial charge in [-0.05, 0) is 43.0 Å². The maximum absolute atomic E-state index is 12.0. The zero-order chi connectivity index (χ0) is 15.2. The predicted molar refractivity (Wildman–Crippen MR) is 90.6 cm³/mol. The first-order valence-corrected chi connectivity index (χ1v) is 8.81. The van der Waals surface area contributed by atoms with E-state index in [1.807, 2.05) is 37.7 Å². The number of nitrogens with two attached hydrogens (primary N) is 1. The maximum Gasteiger partial charge on any atom is 0.241 e. The van der Waals surface area contributed by atoms with Gasteiger partial charge in [0.15, 0.2) is 0 Å². The summed E-state index contributed by atoms with van der Waals surface area (Å²) in [5.74, 6) is 0.0998. The molecular weight excluding hydrogens is 280 g/mol. The Kier molecular flexibility index (Phi) is 6.12. The molecule has 3 N–H and O–H groups in total. The molecule has 1 amide bonds. The van der Waals surface area contributed by atoms with Crippen LogP contribution >= 0.6 is 11.8 Å². The summed E-state index contributed by atoms with van der Waals surface area (Å²) in [4.78, 5) is 13.3. The van der Waals surface area contributed by atoms with Crippen LogP contribution in [0.25, 0.3) is 0 Å². The first kappa shape index (κ1) is 16.4. The highest BCUT2D eigenvalue weighted by Gasteiger charge is 2.19. The summed E-state index contributed by atoms with van der Waals surface area (Å²) in [5.41, 5.74) is 6.77. The van der Waals surface area contributed by atoms with E-state index in [2.05, 4.69) is 17.4 Å². The van der Waals surface area contributed by atoms with Crippen LogP contribution in [0.15, 0.2) is 29.2 Å². The second kappa shape index (κ2) is 7.85. The minimum atomic E-state index is -0.442. The summed E-state index contributed by atoms with van der Waals surface area (Å²) in [6.07, 6.45) is 6.28. The second-order valence-corrected chi connectivity index (χ2v) is 7.32. The van der Waals surface area contributed by atoms with Crippen LogP contribution in [0.5, 0.6) is 0 Å². The molecule has 1 aromatic carbocycles. The molecule has 0 radical (unpaired) electrons. The normalized spacial score (nSPS) is 18.4. The highest BCUT2D eigenvalue weighted by molar-refractivity contribution is 8.00. The first-order valence-electron chi connectivity index (χ1n) is 7.93. The van der Waals surface area contributed by atoms with Crippen molar-refractivity contribution in [2.75, 3.05) is 5.32 Å². The fraction of sp³-hybridized carbons (Fsp3) is 0.588. The Morgan fingerprint density at radius 3 is 2.52 bits per heavy atom. The number of anilines is 1. The lowest BCUT2D eigenvalue weighted by Crippen LogP contribution is -2.40. The average Bonchev–Trinajstić information content (AvgIpc) is 3.00. The number of thioether (sulfide) groups is 1. The predicted octanol–water partition coefficient (Wildman–Crippen LogP) is 4.03. The van der Waals surface area contributed by atoms with Crippen molar-refractivity contribution in [1.29, 1.82) is 0 Å². The van der Waals surface area contributed by atoms with Gasteiger partial charge in [0.1, 0.15) is 0 Å². The second-order valence-electron chi connectivity index (χ2n) is 5.95. The molecule has 2 rings (SSSR count). The lowest BCUT2D eigenvalue weighted by molar-refractivity contribution is -0.118. The Hall–Kier alpha value is -1.00. The van der Waals surface area contributed by atoms with E-state index in [0.717, 1.165) is 17.4 Å². The van der Waals surface area contributed by atoms with Gasteiger partial charge in [-0.15, -0.1) is 11.8 Å². The van der Waals surface area contributed by atoms with Gasteiger partial charge in [0, 0.05) is 15.8 Å².